The van der Waals surface area contributed by atoms with E-state index in [4.69, 9.17) is 4.42 Å². The molecule has 0 radical (unpaired) electrons. The van der Waals surface area contributed by atoms with Crippen LogP contribution >= 0.6 is 11.8 Å². The minimum absolute atomic E-state index is 0.00434. The Balaban J connectivity index is 1.33. The van der Waals surface area contributed by atoms with Gasteiger partial charge in [0.2, 0.25) is 17.7 Å². The van der Waals surface area contributed by atoms with Crippen LogP contribution in [-0.2, 0) is 9.59 Å². The predicted octanol–water partition coefficient (Wildman–Crippen LogP) is 3.46. The van der Waals surface area contributed by atoms with E-state index in [1.54, 1.807) is 17.0 Å². The van der Waals surface area contributed by atoms with E-state index in [-0.39, 0.29) is 41.7 Å². The Hall–Kier alpha value is -3.20. The fourth-order valence-electron chi connectivity index (χ4n) is 3.02. The lowest BCUT2D eigenvalue weighted by molar-refractivity contribution is -0.117. The molecular formula is C20H17FN4O3S. The lowest BCUT2D eigenvalue weighted by Crippen LogP contribution is -2.24. The zero-order valence-corrected chi connectivity index (χ0v) is 16.1. The molecule has 1 aliphatic rings. The van der Waals surface area contributed by atoms with Gasteiger partial charge in [-0.05, 0) is 36.4 Å². The lowest BCUT2D eigenvalue weighted by atomic mass is 10.1. The number of anilines is 2. The second-order valence-corrected chi connectivity index (χ2v) is 7.53. The van der Waals surface area contributed by atoms with E-state index in [1.807, 2.05) is 30.3 Å². The van der Waals surface area contributed by atoms with Gasteiger partial charge in [-0.2, -0.15) is 0 Å². The van der Waals surface area contributed by atoms with Crippen LogP contribution in [0, 0.1) is 5.82 Å². The van der Waals surface area contributed by atoms with Gasteiger partial charge in [0.1, 0.15) is 5.82 Å². The number of hydrogen-bond donors (Lipinski definition) is 1. The van der Waals surface area contributed by atoms with E-state index < -0.39 is 0 Å². The third-order valence-electron chi connectivity index (χ3n) is 4.41. The van der Waals surface area contributed by atoms with Crippen molar-refractivity contribution in [1.82, 2.24) is 10.2 Å². The molecule has 1 N–H and O–H groups in total. The molecule has 1 atom stereocenters. The number of carbonyl (C=O) groups is 2. The highest BCUT2D eigenvalue weighted by Gasteiger charge is 2.35. The van der Waals surface area contributed by atoms with Crippen LogP contribution in [0.3, 0.4) is 0 Å². The Morgan fingerprint density at radius 3 is 2.69 bits per heavy atom. The van der Waals surface area contributed by atoms with Crippen molar-refractivity contribution in [3.63, 3.8) is 0 Å². The van der Waals surface area contributed by atoms with Crippen LogP contribution in [0.4, 0.5) is 16.1 Å². The summed E-state index contributed by atoms with van der Waals surface area (Å²) in [6, 6.07) is 15.3. The summed E-state index contributed by atoms with van der Waals surface area (Å²) >= 11 is 1.27. The first-order valence-electron chi connectivity index (χ1n) is 8.95. The normalized spacial score (nSPS) is 16.2. The smallest absolute Gasteiger partial charge is 0.322 e. The van der Waals surface area contributed by atoms with Crippen molar-refractivity contribution in [2.45, 2.75) is 17.2 Å². The number of para-hydroxylation sites is 1. The second-order valence-electron chi connectivity index (χ2n) is 6.48. The number of aromatic nitrogens is 2. The van der Waals surface area contributed by atoms with Crippen molar-refractivity contribution in [2.24, 2.45) is 0 Å². The Morgan fingerprint density at radius 1 is 1.17 bits per heavy atom. The zero-order chi connectivity index (χ0) is 20.2. The molecule has 2 amide bonds. The molecule has 7 nitrogen and oxygen atoms in total. The maximum Gasteiger partial charge on any atom is 0.322 e. The number of halogens is 1. The van der Waals surface area contributed by atoms with E-state index in [0.717, 1.165) is 10.6 Å². The van der Waals surface area contributed by atoms with E-state index >= 15 is 0 Å². The van der Waals surface area contributed by atoms with Crippen molar-refractivity contribution in [2.75, 3.05) is 22.5 Å². The Kier molecular flexibility index (Phi) is 5.57. The van der Waals surface area contributed by atoms with Gasteiger partial charge in [-0.3, -0.25) is 14.9 Å². The molecule has 0 saturated carbocycles. The highest BCUT2D eigenvalue weighted by molar-refractivity contribution is 8.00. The molecule has 29 heavy (non-hydrogen) atoms. The summed E-state index contributed by atoms with van der Waals surface area (Å²) in [7, 11) is 0. The van der Waals surface area contributed by atoms with Crippen LogP contribution in [0.2, 0.25) is 0 Å². The fraction of sp³-hybridized carbons (Fsp3) is 0.200. The van der Waals surface area contributed by atoms with Crippen LogP contribution in [0.5, 0.6) is 0 Å². The number of hydrogen-bond acceptors (Lipinski definition) is 6. The first kappa shape index (κ1) is 19.1. The van der Waals surface area contributed by atoms with E-state index in [9.17, 15) is 14.0 Å². The number of amides is 2. The number of thioether (sulfide) groups is 1. The van der Waals surface area contributed by atoms with Gasteiger partial charge in [0.15, 0.2) is 0 Å². The summed E-state index contributed by atoms with van der Waals surface area (Å²) in [4.78, 5) is 26.9. The molecule has 3 aromatic rings. The van der Waals surface area contributed by atoms with Gasteiger partial charge < -0.3 is 9.32 Å². The van der Waals surface area contributed by atoms with Gasteiger partial charge in [0, 0.05) is 23.5 Å². The van der Waals surface area contributed by atoms with Crippen molar-refractivity contribution in [3.05, 3.63) is 66.3 Å². The van der Waals surface area contributed by atoms with Gasteiger partial charge in [-0.25, -0.2) is 4.39 Å². The Morgan fingerprint density at radius 2 is 1.93 bits per heavy atom. The SMILES string of the molecule is O=C(CSc1ccc(F)cc1)Nc1nnc([C@H]2CC(=O)N(c3ccccc3)C2)o1. The van der Waals surface area contributed by atoms with E-state index in [2.05, 4.69) is 15.5 Å². The number of rotatable bonds is 6. The molecule has 1 aliphatic heterocycles. The van der Waals surface area contributed by atoms with Gasteiger partial charge >= 0.3 is 6.01 Å². The van der Waals surface area contributed by atoms with E-state index in [1.165, 1.54) is 23.9 Å². The van der Waals surface area contributed by atoms with E-state index in [0.29, 0.717) is 12.4 Å². The van der Waals surface area contributed by atoms with Crippen LogP contribution in [0.1, 0.15) is 18.2 Å². The molecule has 4 rings (SSSR count). The minimum atomic E-state index is -0.326. The second kappa shape index (κ2) is 8.44. The summed E-state index contributed by atoms with van der Waals surface area (Å²) in [6.07, 6.45) is 0.269. The largest absolute Gasteiger partial charge is 0.407 e. The fourth-order valence-corrected chi connectivity index (χ4v) is 3.71. The predicted molar refractivity (Wildman–Crippen MR) is 106 cm³/mol. The Bertz CT molecular complexity index is 1010. The quantitative estimate of drug-likeness (QED) is 0.624. The standard InChI is InChI=1S/C20H17FN4O3S/c21-14-6-8-16(9-7-14)29-12-17(26)22-20-24-23-19(28-20)13-10-18(27)25(11-13)15-4-2-1-3-5-15/h1-9,13H,10-12H2,(H,22,24,26)/t13-/m0/s1. The molecular weight excluding hydrogens is 395 g/mol. The topological polar surface area (TPSA) is 88.3 Å². The molecule has 2 heterocycles. The average molecular weight is 412 g/mol. The molecule has 0 spiro atoms. The van der Waals surface area contributed by atoms with Crippen molar-refractivity contribution in [1.29, 1.82) is 0 Å². The van der Waals surface area contributed by atoms with Gasteiger partial charge in [0.05, 0.1) is 11.7 Å². The van der Waals surface area contributed by atoms with Gasteiger partial charge in [-0.15, -0.1) is 16.9 Å². The zero-order valence-electron chi connectivity index (χ0n) is 15.2. The summed E-state index contributed by atoms with van der Waals surface area (Å²) in [5, 5.41) is 10.4. The van der Waals surface area contributed by atoms with Crippen molar-refractivity contribution >= 4 is 35.3 Å². The molecule has 1 fully saturated rings. The third kappa shape index (κ3) is 4.62. The van der Waals surface area contributed by atoms with Gasteiger partial charge in [-0.1, -0.05) is 23.3 Å². The minimum Gasteiger partial charge on any atom is -0.407 e. The van der Waals surface area contributed by atoms with Crippen molar-refractivity contribution in [3.8, 4) is 0 Å². The summed E-state index contributed by atoms with van der Waals surface area (Å²) in [6.45, 7) is 0.443. The molecule has 0 bridgehead atoms. The van der Waals surface area contributed by atoms with Gasteiger partial charge in [0.25, 0.3) is 0 Å². The van der Waals surface area contributed by atoms with Crippen LogP contribution in [0.15, 0.2) is 63.9 Å². The number of carbonyl (C=O) groups excluding carboxylic acids is 2. The van der Waals surface area contributed by atoms with Crippen molar-refractivity contribution < 1.29 is 18.4 Å². The molecule has 1 aromatic heterocycles. The molecule has 0 aliphatic carbocycles. The highest BCUT2D eigenvalue weighted by Crippen LogP contribution is 2.31. The highest BCUT2D eigenvalue weighted by atomic mass is 32.2. The first-order valence-corrected chi connectivity index (χ1v) is 9.94. The summed E-state index contributed by atoms with van der Waals surface area (Å²) in [5.74, 6) is -0.447. The third-order valence-corrected chi connectivity index (χ3v) is 5.42. The van der Waals surface area contributed by atoms with Crippen LogP contribution in [0.25, 0.3) is 0 Å². The molecule has 2 aromatic carbocycles. The maximum absolute atomic E-state index is 12.9. The maximum atomic E-state index is 12.9. The van der Waals surface area contributed by atoms with Crippen LogP contribution < -0.4 is 10.2 Å². The summed E-state index contributed by atoms with van der Waals surface area (Å²) < 4.78 is 18.5. The number of nitrogens with one attached hydrogen (secondary N) is 1. The van der Waals surface area contributed by atoms with Crippen LogP contribution in [-0.4, -0.2) is 34.3 Å². The molecule has 1 saturated heterocycles. The number of benzene rings is 2. The lowest BCUT2D eigenvalue weighted by Gasteiger charge is -2.15. The summed E-state index contributed by atoms with van der Waals surface area (Å²) in [5.41, 5.74) is 0.825. The molecule has 9 heteroatoms. The first-order chi connectivity index (χ1) is 14.1. The Labute approximate surface area is 170 Å². The average Bonchev–Trinajstić information content (AvgIpc) is 3.35. The molecule has 0 unspecified atom stereocenters. The number of nitrogens with zero attached hydrogens (tertiary/aromatic N) is 3. The monoisotopic (exact) mass is 412 g/mol. The molecule has 148 valence electrons.